The predicted molar refractivity (Wildman–Crippen MR) is 214 cm³/mol. The minimum absolute atomic E-state index is 0.0124. The second-order valence-corrected chi connectivity index (χ2v) is 13.9. The first-order valence-corrected chi connectivity index (χ1v) is 19.0. The molecule has 20 heteroatoms. The molecule has 5 rings (SSSR count). The molecule has 338 valence electrons. The average molecular weight is 883 g/mol. The summed E-state index contributed by atoms with van der Waals surface area (Å²) in [6, 6.07) is 14.2. The second kappa shape index (κ2) is 21.5. The maximum Gasteiger partial charge on any atom is 0.331 e. The van der Waals surface area contributed by atoms with Gasteiger partial charge in [-0.3, -0.25) is 4.79 Å². The number of ether oxygens (including phenoxy) is 9. The van der Waals surface area contributed by atoms with Crippen molar-refractivity contribution in [3.8, 4) is 28.7 Å². The van der Waals surface area contributed by atoms with E-state index in [-0.39, 0.29) is 28.7 Å². The molecule has 0 aromatic heterocycles. The summed E-state index contributed by atoms with van der Waals surface area (Å²) in [6.45, 7) is -1.56. The Morgan fingerprint density at radius 2 is 1.19 bits per heavy atom. The average Bonchev–Trinajstić information content (AvgIpc) is 3.52. The number of aliphatic hydroxyl groups is 4. The van der Waals surface area contributed by atoms with Crippen LogP contribution in [-0.2, 0) is 52.3 Å². The molecule has 2 aliphatic heterocycles. The fourth-order valence-corrected chi connectivity index (χ4v) is 6.30. The first kappa shape index (κ1) is 47.5. The van der Waals surface area contributed by atoms with Crippen LogP contribution < -0.4 is 9.47 Å². The highest BCUT2D eigenvalue weighted by atomic mass is 16.8. The Balaban J connectivity index is 1.38. The van der Waals surface area contributed by atoms with Crippen molar-refractivity contribution in [1.82, 2.24) is 0 Å². The zero-order valence-electron chi connectivity index (χ0n) is 33.9. The Hall–Kier alpha value is -6.52. The summed E-state index contributed by atoms with van der Waals surface area (Å²) in [5.74, 6) is -6.62. The van der Waals surface area contributed by atoms with Crippen molar-refractivity contribution in [3.63, 3.8) is 0 Å². The highest BCUT2D eigenvalue weighted by Gasteiger charge is 2.61. The predicted octanol–water partition coefficient (Wildman–Crippen LogP) is 1.10. The zero-order valence-corrected chi connectivity index (χ0v) is 33.9. The lowest BCUT2D eigenvalue weighted by atomic mass is 9.98. The molecular formula is C43H46O20. The molecule has 0 radical (unpaired) electrons. The van der Waals surface area contributed by atoms with Gasteiger partial charge in [0.25, 0.3) is 0 Å². The van der Waals surface area contributed by atoms with Gasteiger partial charge in [0, 0.05) is 25.2 Å². The van der Waals surface area contributed by atoms with E-state index in [4.69, 9.17) is 42.6 Å². The molecule has 9 atom stereocenters. The van der Waals surface area contributed by atoms with E-state index in [1.54, 1.807) is 0 Å². The number of methoxy groups -OCH3 is 2. The number of aliphatic hydroxyl groups excluding tert-OH is 4. The van der Waals surface area contributed by atoms with Gasteiger partial charge in [-0.25, -0.2) is 14.4 Å². The van der Waals surface area contributed by atoms with Crippen LogP contribution in [0.25, 0.3) is 18.2 Å². The van der Waals surface area contributed by atoms with Crippen LogP contribution in [0.15, 0.2) is 78.9 Å². The number of aromatic hydroxyl groups is 3. The van der Waals surface area contributed by atoms with Crippen LogP contribution in [0.4, 0.5) is 0 Å². The molecule has 20 nitrogen and oxygen atoms in total. The van der Waals surface area contributed by atoms with Crippen molar-refractivity contribution in [1.29, 1.82) is 0 Å². The molecule has 2 fully saturated rings. The minimum atomic E-state index is -2.63. The lowest BCUT2D eigenvalue weighted by Gasteiger charge is -2.44. The number of carbonyl (C=O) groups is 4. The largest absolute Gasteiger partial charge is 0.508 e. The van der Waals surface area contributed by atoms with E-state index in [9.17, 15) is 54.9 Å². The van der Waals surface area contributed by atoms with Crippen LogP contribution in [0.5, 0.6) is 28.7 Å². The third kappa shape index (κ3) is 12.3. The van der Waals surface area contributed by atoms with Crippen LogP contribution >= 0.6 is 0 Å². The molecule has 3 aromatic carbocycles. The number of hydrogen-bond acceptors (Lipinski definition) is 20. The van der Waals surface area contributed by atoms with Crippen LogP contribution in [-0.4, -0.2) is 148 Å². The van der Waals surface area contributed by atoms with Crippen molar-refractivity contribution in [2.24, 2.45) is 0 Å². The number of phenolic OH excluding ortho intramolecular Hbond substituents is 3. The Kier molecular flexibility index (Phi) is 16.2. The van der Waals surface area contributed by atoms with Gasteiger partial charge in [0.15, 0.2) is 41.5 Å². The summed E-state index contributed by atoms with van der Waals surface area (Å²) in [5, 5.41) is 74.2. The summed E-state index contributed by atoms with van der Waals surface area (Å²) in [4.78, 5) is 50.7. The van der Waals surface area contributed by atoms with Crippen LogP contribution in [0, 0.1) is 0 Å². The number of phenols is 3. The number of esters is 4. The summed E-state index contributed by atoms with van der Waals surface area (Å²) >= 11 is 0. The molecule has 0 saturated carbocycles. The van der Waals surface area contributed by atoms with Gasteiger partial charge in [-0.1, -0.05) is 24.3 Å². The summed E-state index contributed by atoms with van der Waals surface area (Å²) in [5.41, 5.74) is 1.31. The van der Waals surface area contributed by atoms with Crippen molar-refractivity contribution in [2.75, 3.05) is 34.0 Å². The smallest absolute Gasteiger partial charge is 0.331 e. The maximum atomic E-state index is 13.3. The van der Waals surface area contributed by atoms with Gasteiger partial charge < -0.3 is 78.4 Å². The van der Waals surface area contributed by atoms with E-state index in [1.165, 1.54) is 93.1 Å². The van der Waals surface area contributed by atoms with Gasteiger partial charge in [-0.2, -0.15) is 0 Å². The van der Waals surface area contributed by atoms with E-state index in [0.717, 1.165) is 25.2 Å². The molecule has 2 aliphatic rings. The standard InChI is InChI=1S/C43H46O20/c1-23(45)57-21-33-40(60-35(50)16-8-24-4-11-27(46)12-5-24)38(53)39(54)42(59-33)63-43(22-44)41(61-36(51)17-10-26-7-14-29(48)31(19-26)56-3)37(52)32(62-43)20-58-34(49)15-9-25-6-13-28(47)30(18-25)55-2/h4-19,32-33,37-42,44,46-48,52-54H,20-22H2,1-3H3/b15-9+,16-8+,17-10-/t32-,33-,37-,38-,39-,40-,41+,42-,43+/m1/s1. The van der Waals surface area contributed by atoms with Crippen LogP contribution in [0.1, 0.15) is 23.6 Å². The molecule has 3 aromatic rings. The van der Waals surface area contributed by atoms with Gasteiger partial charge in [-0.15, -0.1) is 0 Å². The normalized spacial score (nSPS) is 25.8. The number of carbonyl (C=O) groups excluding carboxylic acids is 4. The molecule has 0 bridgehead atoms. The summed E-state index contributed by atoms with van der Waals surface area (Å²) in [6.07, 6.45) is -8.04. The fourth-order valence-electron chi connectivity index (χ4n) is 6.30. The SMILES string of the molecule is COc1cc(/C=C\C(=O)O[C@H]2[C@H](O)[C@@H](COC(=O)/C=C/c3ccc(O)c(OC)c3)O[C@@]2(CO)O[C@H]2O[C@H](COC(C)=O)[C@@H](OC(=O)/C=C/c3ccc(O)cc3)[C@H](O)[C@H]2O)ccc1O. The Labute approximate surface area is 359 Å². The van der Waals surface area contributed by atoms with Gasteiger partial charge in [-0.05, 0) is 71.3 Å². The Morgan fingerprint density at radius 1 is 0.667 bits per heavy atom. The molecular weight excluding hydrogens is 836 g/mol. The van der Waals surface area contributed by atoms with Crippen molar-refractivity contribution in [2.45, 2.75) is 61.7 Å². The fraction of sp³-hybridized carbons (Fsp3) is 0.349. The van der Waals surface area contributed by atoms with Crippen LogP contribution in [0.3, 0.4) is 0 Å². The van der Waals surface area contributed by atoms with E-state index in [1.807, 2.05) is 0 Å². The molecule has 0 amide bonds. The molecule has 7 N–H and O–H groups in total. The van der Waals surface area contributed by atoms with Crippen molar-refractivity contribution < 1.29 is 97.6 Å². The minimum Gasteiger partial charge on any atom is -0.508 e. The molecule has 2 heterocycles. The summed E-state index contributed by atoms with van der Waals surface area (Å²) in [7, 11) is 2.66. The van der Waals surface area contributed by atoms with Gasteiger partial charge in [0.05, 0.1) is 14.2 Å². The molecule has 0 spiro atoms. The molecule has 63 heavy (non-hydrogen) atoms. The van der Waals surface area contributed by atoms with Gasteiger partial charge in [0.2, 0.25) is 5.79 Å². The first-order valence-electron chi connectivity index (χ1n) is 19.0. The van der Waals surface area contributed by atoms with E-state index >= 15 is 0 Å². The second-order valence-electron chi connectivity index (χ2n) is 13.9. The summed E-state index contributed by atoms with van der Waals surface area (Å²) < 4.78 is 49.1. The third-order valence-electron chi connectivity index (χ3n) is 9.52. The van der Waals surface area contributed by atoms with Gasteiger partial charge >= 0.3 is 23.9 Å². The van der Waals surface area contributed by atoms with Crippen molar-refractivity contribution >= 4 is 42.1 Å². The molecule has 0 aliphatic carbocycles. The molecule has 0 unspecified atom stereocenters. The van der Waals surface area contributed by atoms with E-state index in [2.05, 4.69) is 0 Å². The Bertz CT molecular complexity index is 2170. The number of benzene rings is 3. The topological polar surface area (TPSA) is 293 Å². The molecule has 2 saturated heterocycles. The highest BCUT2D eigenvalue weighted by Crippen LogP contribution is 2.39. The maximum absolute atomic E-state index is 13.3. The number of hydrogen-bond donors (Lipinski definition) is 7. The Morgan fingerprint density at radius 3 is 1.75 bits per heavy atom. The van der Waals surface area contributed by atoms with E-state index < -0.39 is 98.5 Å². The van der Waals surface area contributed by atoms with Crippen molar-refractivity contribution in [3.05, 3.63) is 95.6 Å². The zero-order chi connectivity index (χ0) is 45.8. The number of rotatable bonds is 17. The third-order valence-corrected chi connectivity index (χ3v) is 9.52. The highest BCUT2D eigenvalue weighted by molar-refractivity contribution is 5.88. The quantitative estimate of drug-likeness (QED) is 0.0567. The monoisotopic (exact) mass is 882 g/mol. The van der Waals surface area contributed by atoms with Crippen LogP contribution in [0.2, 0.25) is 0 Å². The lowest BCUT2D eigenvalue weighted by Crippen LogP contribution is -2.64. The first-order chi connectivity index (χ1) is 30.1. The lowest BCUT2D eigenvalue weighted by molar-refractivity contribution is -0.383. The van der Waals surface area contributed by atoms with Gasteiger partial charge in [0.1, 0.15) is 56.1 Å². The van der Waals surface area contributed by atoms with E-state index in [0.29, 0.717) is 16.7 Å².